The van der Waals surface area contributed by atoms with Gasteiger partial charge in [-0.25, -0.2) is 0 Å². The van der Waals surface area contributed by atoms with Crippen LogP contribution in [-0.4, -0.2) is 49.2 Å². The van der Waals surface area contributed by atoms with Crippen LogP contribution in [0, 0.1) is 0 Å². The Kier molecular flexibility index (Phi) is 10.5. The zero-order chi connectivity index (χ0) is 23.2. The minimum absolute atomic E-state index is 0.0400. The van der Waals surface area contributed by atoms with Crippen molar-refractivity contribution in [1.29, 1.82) is 0 Å². The van der Waals surface area contributed by atoms with Crippen molar-refractivity contribution in [2.24, 2.45) is 0 Å². The van der Waals surface area contributed by atoms with Gasteiger partial charge in [-0.2, -0.15) is 0 Å². The Labute approximate surface area is 187 Å². The van der Waals surface area contributed by atoms with Crippen LogP contribution < -0.4 is 15.4 Å². The van der Waals surface area contributed by atoms with E-state index < -0.39 is 23.8 Å². The van der Waals surface area contributed by atoms with Crippen LogP contribution in [-0.2, 0) is 25.7 Å². The van der Waals surface area contributed by atoms with E-state index in [1.807, 2.05) is 54.6 Å². The van der Waals surface area contributed by atoms with Gasteiger partial charge in [0, 0.05) is 19.0 Å². The number of nitrogens with one attached hydrogen (secondary N) is 2. The lowest BCUT2D eigenvalue weighted by molar-refractivity contribution is -0.137. The molecule has 0 spiro atoms. The quantitative estimate of drug-likeness (QED) is 0.326. The molecule has 0 saturated carbocycles. The lowest BCUT2D eigenvalue weighted by atomic mass is 10.2. The number of carbonyl (C=O) groups excluding carboxylic acids is 2. The van der Waals surface area contributed by atoms with Gasteiger partial charge in [0.2, 0.25) is 11.8 Å². The summed E-state index contributed by atoms with van der Waals surface area (Å²) in [4.78, 5) is 35.5. The molecule has 32 heavy (non-hydrogen) atoms. The van der Waals surface area contributed by atoms with E-state index in [1.54, 1.807) is 13.2 Å². The lowest BCUT2D eigenvalue weighted by Crippen LogP contribution is -2.49. The Morgan fingerprint density at radius 1 is 1.06 bits per heavy atom. The molecule has 0 fully saturated rings. The predicted molar refractivity (Wildman–Crippen MR) is 120 cm³/mol. The molecule has 0 aromatic heterocycles. The number of amides is 2. The van der Waals surface area contributed by atoms with Gasteiger partial charge >= 0.3 is 5.97 Å². The maximum Gasteiger partial charge on any atom is 0.303 e. The summed E-state index contributed by atoms with van der Waals surface area (Å²) in [6.45, 7) is 0.403. The van der Waals surface area contributed by atoms with Crippen LogP contribution >= 0.6 is 0 Å². The van der Waals surface area contributed by atoms with Gasteiger partial charge < -0.3 is 25.2 Å². The van der Waals surface area contributed by atoms with Crippen molar-refractivity contribution >= 4 is 23.9 Å². The Bertz CT molecular complexity index is 896. The summed E-state index contributed by atoms with van der Waals surface area (Å²) in [5.74, 6) is -1.08. The number of hydrogen-bond acceptors (Lipinski definition) is 5. The van der Waals surface area contributed by atoms with Crippen LogP contribution in [0.25, 0.3) is 6.08 Å². The minimum Gasteiger partial charge on any atom is -0.497 e. The number of carboxylic acids is 1. The fourth-order valence-electron chi connectivity index (χ4n) is 2.73. The van der Waals surface area contributed by atoms with Crippen LogP contribution in [0.4, 0.5) is 0 Å². The lowest BCUT2D eigenvalue weighted by Gasteiger charge is -2.18. The van der Waals surface area contributed by atoms with Crippen molar-refractivity contribution in [2.75, 3.05) is 20.3 Å². The molecule has 2 amide bonds. The van der Waals surface area contributed by atoms with Crippen molar-refractivity contribution in [3.63, 3.8) is 0 Å². The van der Waals surface area contributed by atoms with E-state index in [-0.39, 0.29) is 26.2 Å². The van der Waals surface area contributed by atoms with E-state index in [2.05, 4.69) is 10.6 Å². The Hall–Kier alpha value is -3.65. The average Bonchev–Trinajstić information content (AvgIpc) is 2.80. The second-order valence-electron chi connectivity index (χ2n) is 6.96. The fourth-order valence-corrected chi connectivity index (χ4v) is 2.73. The Balaban J connectivity index is 1.92. The number of carboxylic acid groups (broad SMARTS) is 1. The topological polar surface area (TPSA) is 114 Å². The highest BCUT2D eigenvalue weighted by Gasteiger charge is 2.20. The molecule has 0 aliphatic heterocycles. The highest BCUT2D eigenvalue weighted by molar-refractivity contribution is 5.95. The standard InChI is InChI=1S/C24H28N2O6/c1-31-20-12-9-19(10-13-20)16-32-17-21(24(30)25-15-5-8-23(28)29)26-22(27)14-11-18-6-3-2-4-7-18/h2-4,6-7,9-14,21H,5,8,15-17H2,1H3,(H,25,30)(H,26,27)(H,28,29)/b14-11+/t21-/m0/s1. The normalized spacial score (nSPS) is 11.7. The van der Waals surface area contributed by atoms with Crippen molar-refractivity contribution in [3.8, 4) is 5.75 Å². The van der Waals surface area contributed by atoms with E-state index in [0.717, 1.165) is 16.9 Å². The molecule has 0 aliphatic rings. The number of benzene rings is 2. The molecule has 8 heteroatoms. The summed E-state index contributed by atoms with van der Waals surface area (Å²) in [5.41, 5.74) is 1.75. The smallest absolute Gasteiger partial charge is 0.303 e. The molecule has 170 valence electrons. The summed E-state index contributed by atoms with van der Waals surface area (Å²) in [5, 5.41) is 14.0. The van der Waals surface area contributed by atoms with E-state index in [9.17, 15) is 14.4 Å². The molecule has 2 aromatic rings. The molecule has 2 rings (SSSR count). The molecule has 0 aliphatic carbocycles. The number of rotatable bonds is 13. The van der Waals surface area contributed by atoms with Gasteiger partial charge in [-0.3, -0.25) is 14.4 Å². The van der Waals surface area contributed by atoms with Crippen molar-refractivity contribution < 1.29 is 29.0 Å². The van der Waals surface area contributed by atoms with Crippen LogP contribution in [0.1, 0.15) is 24.0 Å². The monoisotopic (exact) mass is 440 g/mol. The molecule has 0 heterocycles. The first-order chi connectivity index (χ1) is 15.5. The van der Waals surface area contributed by atoms with Gasteiger partial charge in [-0.15, -0.1) is 0 Å². The molecule has 2 aromatic carbocycles. The highest BCUT2D eigenvalue weighted by atomic mass is 16.5. The third-order valence-electron chi connectivity index (χ3n) is 4.44. The van der Waals surface area contributed by atoms with Gasteiger partial charge in [0.05, 0.1) is 20.3 Å². The number of aliphatic carboxylic acids is 1. The zero-order valence-electron chi connectivity index (χ0n) is 18.0. The molecule has 0 bridgehead atoms. The first-order valence-corrected chi connectivity index (χ1v) is 10.2. The summed E-state index contributed by atoms with van der Waals surface area (Å²) in [6.07, 6.45) is 3.24. The van der Waals surface area contributed by atoms with Gasteiger partial charge in [0.25, 0.3) is 0 Å². The predicted octanol–water partition coefficient (Wildman–Crippen LogP) is 2.39. The number of methoxy groups -OCH3 is 1. The second kappa shape index (κ2) is 13.6. The summed E-state index contributed by atoms with van der Waals surface area (Å²) < 4.78 is 10.8. The zero-order valence-corrected chi connectivity index (χ0v) is 18.0. The van der Waals surface area contributed by atoms with Crippen LogP contribution in [0.2, 0.25) is 0 Å². The maximum atomic E-state index is 12.5. The molecule has 8 nitrogen and oxygen atoms in total. The molecular formula is C24H28N2O6. The minimum atomic E-state index is -0.932. The Morgan fingerprint density at radius 3 is 2.44 bits per heavy atom. The van der Waals surface area contributed by atoms with E-state index in [4.69, 9.17) is 14.6 Å². The second-order valence-corrected chi connectivity index (χ2v) is 6.96. The number of carbonyl (C=O) groups is 3. The summed E-state index contributed by atoms with van der Waals surface area (Å²) in [6, 6.07) is 15.7. The van der Waals surface area contributed by atoms with E-state index in [0.29, 0.717) is 6.42 Å². The maximum absolute atomic E-state index is 12.5. The third kappa shape index (κ3) is 9.44. The molecule has 0 radical (unpaired) electrons. The first-order valence-electron chi connectivity index (χ1n) is 10.2. The molecule has 1 atom stereocenters. The van der Waals surface area contributed by atoms with Crippen molar-refractivity contribution in [1.82, 2.24) is 10.6 Å². The van der Waals surface area contributed by atoms with Crippen molar-refractivity contribution in [3.05, 3.63) is 71.8 Å². The number of ether oxygens (including phenoxy) is 2. The SMILES string of the molecule is COc1ccc(COC[C@H](NC(=O)/C=C/c2ccccc2)C(=O)NCCCC(=O)O)cc1. The van der Waals surface area contributed by atoms with Gasteiger partial charge in [0.1, 0.15) is 11.8 Å². The Morgan fingerprint density at radius 2 is 1.78 bits per heavy atom. The van der Waals surface area contributed by atoms with Crippen LogP contribution in [0.5, 0.6) is 5.75 Å². The molecular weight excluding hydrogens is 412 g/mol. The largest absolute Gasteiger partial charge is 0.497 e. The summed E-state index contributed by atoms with van der Waals surface area (Å²) >= 11 is 0. The van der Waals surface area contributed by atoms with E-state index in [1.165, 1.54) is 6.08 Å². The van der Waals surface area contributed by atoms with Gasteiger partial charge in [0.15, 0.2) is 0 Å². The highest BCUT2D eigenvalue weighted by Crippen LogP contribution is 2.12. The third-order valence-corrected chi connectivity index (χ3v) is 4.44. The van der Waals surface area contributed by atoms with Crippen LogP contribution in [0.3, 0.4) is 0 Å². The van der Waals surface area contributed by atoms with Crippen LogP contribution in [0.15, 0.2) is 60.7 Å². The van der Waals surface area contributed by atoms with Gasteiger partial charge in [-0.1, -0.05) is 42.5 Å². The molecule has 0 saturated heterocycles. The molecule has 3 N–H and O–H groups in total. The van der Waals surface area contributed by atoms with E-state index >= 15 is 0 Å². The first kappa shape index (κ1) is 24.6. The van der Waals surface area contributed by atoms with Crippen molar-refractivity contribution in [2.45, 2.75) is 25.5 Å². The molecule has 0 unspecified atom stereocenters. The summed E-state index contributed by atoms with van der Waals surface area (Å²) in [7, 11) is 1.58. The van der Waals surface area contributed by atoms with Gasteiger partial charge in [-0.05, 0) is 35.8 Å². The number of hydrogen-bond donors (Lipinski definition) is 3. The average molecular weight is 440 g/mol. The fraction of sp³-hybridized carbons (Fsp3) is 0.292.